The van der Waals surface area contributed by atoms with E-state index in [2.05, 4.69) is 11.8 Å². The van der Waals surface area contributed by atoms with Crippen molar-refractivity contribution in [1.82, 2.24) is 4.90 Å². The molecule has 2 atom stereocenters. The van der Waals surface area contributed by atoms with Crippen LogP contribution in [0.2, 0.25) is 0 Å². The van der Waals surface area contributed by atoms with Gasteiger partial charge in [-0.2, -0.15) is 0 Å². The third-order valence-electron chi connectivity index (χ3n) is 3.59. The standard InChI is InChI=1S/C13H26N2O/c1-11-5-4-9-15(10-7-11)13(16)12(2)6-3-8-14/h11-12H,3-10,14H2,1-2H3. The van der Waals surface area contributed by atoms with Crippen molar-refractivity contribution in [3.05, 3.63) is 0 Å². The molecule has 3 nitrogen and oxygen atoms in total. The third-order valence-corrected chi connectivity index (χ3v) is 3.59. The number of nitrogens with zero attached hydrogens (tertiary/aromatic N) is 1. The molecule has 16 heavy (non-hydrogen) atoms. The van der Waals surface area contributed by atoms with Crippen LogP contribution in [0.3, 0.4) is 0 Å². The molecule has 2 N–H and O–H groups in total. The Hall–Kier alpha value is -0.570. The van der Waals surface area contributed by atoms with Crippen molar-refractivity contribution >= 4 is 5.91 Å². The van der Waals surface area contributed by atoms with Crippen LogP contribution in [0.15, 0.2) is 0 Å². The van der Waals surface area contributed by atoms with Crippen molar-refractivity contribution < 1.29 is 4.79 Å². The molecule has 0 aliphatic carbocycles. The van der Waals surface area contributed by atoms with Crippen LogP contribution in [0.4, 0.5) is 0 Å². The van der Waals surface area contributed by atoms with Crippen molar-refractivity contribution in [1.29, 1.82) is 0 Å². The van der Waals surface area contributed by atoms with Crippen molar-refractivity contribution in [2.75, 3.05) is 19.6 Å². The number of hydrogen-bond donors (Lipinski definition) is 1. The normalized spacial score (nSPS) is 23.9. The van der Waals surface area contributed by atoms with Gasteiger partial charge in [0.15, 0.2) is 0 Å². The van der Waals surface area contributed by atoms with Gasteiger partial charge in [-0.25, -0.2) is 0 Å². The zero-order valence-electron chi connectivity index (χ0n) is 10.7. The zero-order valence-corrected chi connectivity index (χ0v) is 10.7. The molecule has 0 radical (unpaired) electrons. The van der Waals surface area contributed by atoms with E-state index >= 15 is 0 Å². The molecule has 1 amide bonds. The van der Waals surface area contributed by atoms with Crippen molar-refractivity contribution in [2.24, 2.45) is 17.6 Å². The fraction of sp³-hybridized carbons (Fsp3) is 0.923. The molecule has 0 aromatic heterocycles. The molecular formula is C13H26N2O. The van der Waals surface area contributed by atoms with Crippen LogP contribution in [0.25, 0.3) is 0 Å². The number of carbonyl (C=O) groups is 1. The molecule has 0 spiro atoms. The van der Waals surface area contributed by atoms with Crippen LogP contribution < -0.4 is 5.73 Å². The SMILES string of the molecule is CC1CCCN(C(=O)C(C)CCCN)CC1. The molecule has 1 saturated heterocycles. The third kappa shape index (κ3) is 4.12. The number of likely N-dealkylation sites (tertiary alicyclic amines) is 1. The topological polar surface area (TPSA) is 46.3 Å². The van der Waals surface area contributed by atoms with Crippen LogP contribution in [0.1, 0.15) is 46.0 Å². The minimum absolute atomic E-state index is 0.150. The highest BCUT2D eigenvalue weighted by atomic mass is 16.2. The van der Waals surface area contributed by atoms with E-state index < -0.39 is 0 Å². The van der Waals surface area contributed by atoms with Gasteiger partial charge in [0.2, 0.25) is 5.91 Å². The lowest BCUT2D eigenvalue weighted by Crippen LogP contribution is -2.36. The molecule has 0 aromatic carbocycles. The zero-order chi connectivity index (χ0) is 12.0. The highest BCUT2D eigenvalue weighted by Gasteiger charge is 2.22. The molecule has 0 saturated carbocycles. The van der Waals surface area contributed by atoms with Crippen molar-refractivity contribution in [2.45, 2.75) is 46.0 Å². The molecule has 0 aromatic rings. The first kappa shape index (κ1) is 13.5. The summed E-state index contributed by atoms with van der Waals surface area (Å²) in [5.74, 6) is 1.26. The summed E-state index contributed by atoms with van der Waals surface area (Å²) >= 11 is 0. The van der Waals surface area contributed by atoms with E-state index in [1.54, 1.807) is 0 Å². The minimum Gasteiger partial charge on any atom is -0.342 e. The van der Waals surface area contributed by atoms with Crippen LogP contribution in [-0.4, -0.2) is 30.4 Å². The first-order chi connectivity index (χ1) is 7.65. The van der Waals surface area contributed by atoms with Crippen molar-refractivity contribution in [3.8, 4) is 0 Å². The van der Waals surface area contributed by atoms with E-state index in [1.807, 2.05) is 6.92 Å². The average Bonchev–Trinajstić information content (AvgIpc) is 2.50. The lowest BCUT2D eigenvalue weighted by atomic mass is 10.0. The van der Waals surface area contributed by atoms with Gasteiger partial charge in [0.05, 0.1) is 0 Å². The fourth-order valence-electron chi connectivity index (χ4n) is 2.34. The van der Waals surface area contributed by atoms with E-state index in [9.17, 15) is 4.79 Å². The van der Waals surface area contributed by atoms with Crippen LogP contribution in [0, 0.1) is 11.8 Å². The Morgan fingerprint density at radius 3 is 2.88 bits per heavy atom. The molecule has 3 heteroatoms. The molecule has 1 aliphatic heterocycles. The van der Waals surface area contributed by atoms with Gasteiger partial charge in [0, 0.05) is 19.0 Å². The Kier molecular flexibility index (Phi) is 5.81. The second-order valence-electron chi connectivity index (χ2n) is 5.19. The quantitative estimate of drug-likeness (QED) is 0.797. The maximum atomic E-state index is 12.1. The van der Waals surface area contributed by atoms with Crippen LogP contribution >= 0.6 is 0 Å². The van der Waals surface area contributed by atoms with E-state index in [-0.39, 0.29) is 5.92 Å². The van der Waals surface area contributed by atoms with Gasteiger partial charge in [-0.15, -0.1) is 0 Å². The minimum atomic E-state index is 0.150. The fourth-order valence-corrected chi connectivity index (χ4v) is 2.34. The lowest BCUT2D eigenvalue weighted by Gasteiger charge is -2.24. The Morgan fingerprint density at radius 2 is 2.19 bits per heavy atom. The predicted molar refractivity (Wildman–Crippen MR) is 67.0 cm³/mol. The van der Waals surface area contributed by atoms with Crippen LogP contribution in [-0.2, 0) is 4.79 Å². The van der Waals surface area contributed by atoms with Gasteiger partial charge in [0.25, 0.3) is 0 Å². The largest absolute Gasteiger partial charge is 0.342 e. The molecule has 0 bridgehead atoms. The highest BCUT2D eigenvalue weighted by molar-refractivity contribution is 5.78. The van der Waals surface area contributed by atoms with Gasteiger partial charge in [-0.05, 0) is 44.6 Å². The number of carbonyl (C=O) groups excluding carboxylic acids is 1. The molecule has 1 heterocycles. The number of hydrogen-bond acceptors (Lipinski definition) is 2. The second-order valence-corrected chi connectivity index (χ2v) is 5.19. The second kappa shape index (κ2) is 6.89. The van der Waals surface area contributed by atoms with Gasteiger partial charge >= 0.3 is 0 Å². The summed E-state index contributed by atoms with van der Waals surface area (Å²) in [5, 5.41) is 0. The summed E-state index contributed by atoms with van der Waals surface area (Å²) in [6.07, 6.45) is 5.48. The van der Waals surface area contributed by atoms with Crippen molar-refractivity contribution in [3.63, 3.8) is 0 Å². The molecular weight excluding hydrogens is 200 g/mol. The summed E-state index contributed by atoms with van der Waals surface area (Å²) in [5.41, 5.74) is 5.47. The summed E-state index contributed by atoms with van der Waals surface area (Å²) in [6, 6.07) is 0. The summed E-state index contributed by atoms with van der Waals surface area (Å²) in [7, 11) is 0. The monoisotopic (exact) mass is 226 g/mol. The summed E-state index contributed by atoms with van der Waals surface area (Å²) in [6.45, 7) is 6.91. The van der Waals surface area contributed by atoms with E-state index in [0.29, 0.717) is 12.5 Å². The molecule has 1 rings (SSSR count). The van der Waals surface area contributed by atoms with Gasteiger partial charge in [-0.3, -0.25) is 4.79 Å². The molecule has 2 unspecified atom stereocenters. The Balaban J connectivity index is 2.39. The van der Waals surface area contributed by atoms with E-state index in [4.69, 9.17) is 5.73 Å². The van der Waals surface area contributed by atoms with Gasteiger partial charge in [-0.1, -0.05) is 13.8 Å². The smallest absolute Gasteiger partial charge is 0.225 e. The maximum Gasteiger partial charge on any atom is 0.225 e. The Morgan fingerprint density at radius 1 is 1.44 bits per heavy atom. The molecule has 1 aliphatic rings. The number of amides is 1. The molecule has 94 valence electrons. The van der Waals surface area contributed by atoms with Gasteiger partial charge in [0.1, 0.15) is 0 Å². The number of rotatable bonds is 4. The number of nitrogens with two attached hydrogens (primary N) is 1. The Bertz CT molecular complexity index is 218. The Labute approximate surface area is 99.4 Å². The van der Waals surface area contributed by atoms with E-state index in [1.165, 1.54) is 6.42 Å². The summed E-state index contributed by atoms with van der Waals surface area (Å²) in [4.78, 5) is 14.2. The van der Waals surface area contributed by atoms with Crippen LogP contribution in [0.5, 0.6) is 0 Å². The highest BCUT2D eigenvalue weighted by Crippen LogP contribution is 2.19. The van der Waals surface area contributed by atoms with E-state index in [0.717, 1.165) is 44.7 Å². The summed E-state index contributed by atoms with van der Waals surface area (Å²) < 4.78 is 0. The van der Waals surface area contributed by atoms with Gasteiger partial charge < -0.3 is 10.6 Å². The first-order valence-corrected chi connectivity index (χ1v) is 6.64. The lowest BCUT2D eigenvalue weighted by molar-refractivity contribution is -0.135. The molecule has 1 fully saturated rings. The average molecular weight is 226 g/mol. The first-order valence-electron chi connectivity index (χ1n) is 6.64. The predicted octanol–water partition coefficient (Wildman–Crippen LogP) is 2.01. The maximum absolute atomic E-state index is 12.1.